The monoisotopic (exact) mass is 273 g/mol. The van der Waals surface area contributed by atoms with Crippen molar-refractivity contribution in [1.82, 2.24) is 14.9 Å². The molecule has 0 aromatic carbocycles. The molecule has 0 amide bonds. The van der Waals surface area contributed by atoms with E-state index in [4.69, 9.17) is 11.6 Å². The molecule has 1 aromatic heterocycles. The Balaban J connectivity index is 2.52. The van der Waals surface area contributed by atoms with Gasteiger partial charge in [0.05, 0.1) is 4.92 Å². The van der Waals surface area contributed by atoms with Crippen molar-refractivity contribution >= 4 is 23.1 Å². The summed E-state index contributed by atoms with van der Waals surface area (Å²) in [6, 6.07) is 0. The second kappa shape index (κ2) is 7.07. The summed E-state index contributed by atoms with van der Waals surface area (Å²) in [5.74, 6) is 0.171. The highest BCUT2D eigenvalue weighted by Crippen LogP contribution is 2.28. The molecule has 8 heteroatoms. The maximum atomic E-state index is 10.8. The molecule has 0 unspecified atom stereocenters. The molecule has 1 aromatic rings. The molecule has 0 spiro atoms. The lowest BCUT2D eigenvalue weighted by Gasteiger charge is -2.09. The van der Waals surface area contributed by atoms with E-state index < -0.39 is 4.92 Å². The second-order valence-corrected chi connectivity index (χ2v) is 4.41. The molecule has 0 saturated heterocycles. The maximum absolute atomic E-state index is 10.8. The average Bonchev–Trinajstić information content (AvgIpc) is 2.27. The molecule has 0 fully saturated rings. The number of hydrogen-bond donors (Lipinski definition) is 1. The Morgan fingerprint density at radius 3 is 2.78 bits per heavy atom. The van der Waals surface area contributed by atoms with Crippen molar-refractivity contribution in [2.45, 2.75) is 12.8 Å². The summed E-state index contributed by atoms with van der Waals surface area (Å²) in [6.07, 6.45) is 3.11. The van der Waals surface area contributed by atoms with Gasteiger partial charge in [0.2, 0.25) is 11.0 Å². The Hall–Kier alpha value is -1.47. The van der Waals surface area contributed by atoms with Gasteiger partial charge in [0.1, 0.15) is 6.33 Å². The first-order valence-corrected chi connectivity index (χ1v) is 5.93. The van der Waals surface area contributed by atoms with Crippen LogP contribution in [0, 0.1) is 10.1 Å². The predicted octanol–water partition coefficient (Wildman–Crippen LogP) is 1.79. The van der Waals surface area contributed by atoms with Crippen LogP contribution in [-0.4, -0.2) is 47.0 Å². The van der Waals surface area contributed by atoms with Crippen LogP contribution >= 0.6 is 11.6 Å². The lowest BCUT2D eigenvalue weighted by atomic mass is 10.3. The first kappa shape index (κ1) is 14.6. The van der Waals surface area contributed by atoms with Crippen LogP contribution in [0.2, 0.25) is 5.15 Å². The smallest absolute Gasteiger partial charge is 0.348 e. The van der Waals surface area contributed by atoms with Gasteiger partial charge in [0, 0.05) is 6.54 Å². The SMILES string of the molecule is CN(C)CCCCNc1ncnc(Cl)c1[N+](=O)[O-]. The van der Waals surface area contributed by atoms with Crippen LogP contribution in [0.4, 0.5) is 11.5 Å². The minimum Gasteiger partial charge on any atom is -0.364 e. The third-order valence-corrected chi connectivity index (χ3v) is 2.56. The summed E-state index contributed by atoms with van der Waals surface area (Å²) in [5.41, 5.74) is -0.272. The zero-order chi connectivity index (χ0) is 13.5. The predicted molar refractivity (Wildman–Crippen MR) is 70.0 cm³/mol. The van der Waals surface area contributed by atoms with Crippen molar-refractivity contribution in [1.29, 1.82) is 0 Å². The molecule has 7 nitrogen and oxygen atoms in total. The molecular formula is C10H16ClN5O2. The first-order chi connectivity index (χ1) is 8.52. The van der Waals surface area contributed by atoms with Gasteiger partial charge in [-0.1, -0.05) is 11.6 Å². The van der Waals surface area contributed by atoms with Gasteiger partial charge in [-0.2, -0.15) is 0 Å². The minimum atomic E-state index is -0.579. The number of nitro groups is 1. The Kier molecular flexibility index (Phi) is 5.73. The molecular weight excluding hydrogens is 258 g/mol. The van der Waals surface area contributed by atoms with Crippen LogP contribution in [-0.2, 0) is 0 Å². The van der Waals surface area contributed by atoms with Gasteiger partial charge >= 0.3 is 5.69 Å². The lowest BCUT2D eigenvalue weighted by molar-refractivity contribution is -0.384. The molecule has 0 atom stereocenters. The molecule has 18 heavy (non-hydrogen) atoms. The number of aromatic nitrogens is 2. The molecule has 1 N–H and O–H groups in total. The number of nitrogens with one attached hydrogen (secondary N) is 1. The third kappa shape index (κ3) is 4.42. The van der Waals surface area contributed by atoms with Crippen molar-refractivity contribution in [2.75, 3.05) is 32.5 Å². The molecule has 1 rings (SSSR count). The minimum absolute atomic E-state index is 0.147. The Morgan fingerprint density at radius 1 is 1.44 bits per heavy atom. The summed E-state index contributed by atoms with van der Waals surface area (Å²) >= 11 is 5.67. The van der Waals surface area contributed by atoms with E-state index >= 15 is 0 Å². The van der Waals surface area contributed by atoms with E-state index in [0.29, 0.717) is 6.54 Å². The van der Waals surface area contributed by atoms with Gasteiger partial charge in [-0.25, -0.2) is 9.97 Å². The van der Waals surface area contributed by atoms with Gasteiger partial charge < -0.3 is 10.2 Å². The van der Waals surface area contributed by atoms with Crippen LogP contribution in [0.15, 0.2) is 6.33 Å². The molecule has 0 aliphatic carbocycles. The molecule has 100 valence electrons. The van der Waals surface area contributed by atoms with E-state index in [1.165, 1.54) is 6.33 Å². The fraction of sp³-hybridized carbons (Fsp3) is 0.600. The highest BCUT2D eigenvalue weighted by atomic mass is 35.5. The second-order valence-electron chi connectivity index (χ2n) is 4.06. The number of rotatable bonds is 7. The van der Waals surface area contributed by atoms with Crippen molar-refractivity contribution < 1.29 is 4.92 Å². The first-order valence-electron chi connectivity index (χ1n) is 5.56. The van der Waals surface area contributed by atoms with Crippen LogP contribution in [0.5, 0.6) is 0 Å². The number of nitrogens with zero attached hydrogens (tertiary/aromatic N) is 4. The number of unbranched alkanes of at least 4 members (excludes halogenated alkanes) is 1. The van der Waals surface area contributed by atoms with Crippen LogP contribution in [0.25, 0.3) is 0 Å². The van der Waals surface area contributed by atoms with E-state index in [2.05, 4.69) is 20.2 Å². The number of hydrogen-bond acceptors (Lipinski definition) is 6. The summed E-state index contributed by atoms with van der Waals surface area (Å²) in [4.78, 5) is 19.8. The summed E-state index contributed by atoms with van der Waals surface area (Å²) in [6.45, 7) is 1.59. The van der Waals surface area contributed by atoms with Gasteiger partial charge in [-0.3, -0.25) is 10.1 Å². The van der Waals surface area contributed by atoms with Gasteiger partial charge in [-0.05, 0) is 33.5 Å². The molecule has 0 saturated carbocycles. The highest BCUT2D eigenvalue weighted by molar-refractivity contribution is 6.31. The fourth-order valence-corrected chi connectivity index (χ4v) is 1.61. The van der Waals surface area contributed by atoms with Crippen LogP contribution in [0.3, 0.4) is 0 Å². The molecule has 1 heterocycles. The van der Waals surface area contributed by atoms with E-state index in [-0.39, 0.29) is 16.7 Å². The third-order valence-electron chi connectivity index (χ3n) is 2.28. The average molecular weight is 274 g/mol. The summed E-state index contributed by atoms with van der Waals surface area (Å²) < 4.78 is 0. The lowest BCUT2D eigenvalue weighted by Crippen LogP contribution is -2.14. The van der Waals surface area contributed by atoms with Crippen molar-refractivity contribution in [2.24, 2.45) is 0 Å². The van der Waals surface area contributed by atoms with Crippen LogP contribution < -0.4 is 5.32 Å². The maximum Gasteiger partial charge on any atom is 0.348 e. The van der Waals surface area contributed by atoms with Gasteiger partial charge in [0.25, 0.3) is 0 Å². The number of anilines is 1. The Bertz CT molecular complexity index is 413. The van der Waals surface area contributed by atoms with E-state index in [1.54, 1.807) is 0 Å². The molecule has 0 aliphatic rings. The van der Waals surface area contributed by atoms with E-state index in [0.717, 1.165) is 19.4 Å². The summed E-state index contributed by atoms with van der Waals surface area (Å²) in [5, 5.41) is 13.6. The Morgan fingerprint density at radius 2 is 2.17 bits per heavy atom. The fourth-order valence-electron chi connectivity index (χ4n) is 1.41. The number of halogens is 1. The molecule has 0 radical (unpaired) electrons. The zero-order valence-electron chi connectivity index (χ0n) is 10.4. The van der Waals surface area contributed by atoms with Crippen LogP contribution in [0.1, 0.15) is 12.8 Å². The van der Waals surface area contributed by atoms with Gasteiger partial charge in [-0.15, -0.1) is 0 Å². The van der Waals surface area contributed by atoms with Crippen molar-refractivity contribution in [3.05, 3.63) is 21.6 Å². The quantitative estimate of drug-likeness (QED) is 0.353. The van der Waals surface area contributed by atoms with E-state index in [9.17, 15) is 10.1 Å². The van der Waals surface area contributed by atoms with Crippen molar-refractivity contribution in [3.63, 3.8) is 0 Å². The standard InChI is InChI=1S/C10H16ClN5O2/c1-15(2)6-4-3-5-12-10-8(16(17)18)9(11)13-7-14-10/h7H,3-6H2,1-2H3,(H,12,13,14). The topological polar surface area (TPSA) is 84.2 Å². The highest BCUT2D eigenvalue weighted by Gasteiger charge is 2.20. The zero-order valence-corrected chi connectivity index (χ0v) is 11.1. The van der Waals surface area contributed by atoms with Gasteiger partial charge in [0.15, 0.2) is 0 Å². The normalized spacial score (nSPS) is 10.7. The Labute approximate surface area is 110 Å². The molecule has 0 aliphatic heterocycles. The van der Waals surface area contributed by atoms with Crippen molar-refractivity contribution in [3.8, 4) is 0 Å². The summed E-state index contributed by atoms with van der Waals surface area (Å²) in [7, 11) is 4.00. The largest absolute Gasteiger partial charge is 0.364 e. The van der Waals surface area contributed by atoms with E-state index in [1.807, 2.05) is 14.1 Å². The molecule has 0 bridgehead atoms.